The molecule has 1 heterocycles. The number of carbonyl (C=O) groups is 2. The second kappa shape index (κ2) is 5.30. The number of fused-ring (bicyclic) bond motifs is 1. The van der Waals surface area contributed by atoms with E-state index in [0.29, 0.717) is 18.6 Å². The van der Waals surface area contributed by atoms with Crippen LogP contribution in [0.3, 0.4) is 0 Å². The summed E-state index contributed by atoms with van der Waals surface area (Å²) in [6.07, 6.45) is 0.403. The molecule has 0 aromatic heterocycles. The average Bonchev–Trinajstić information content (AvgIpc) is 2.37. The van der Waals surface area contributed by atoms with Crippen molar-refractivity contribution < 1.29 is 24.2 Å². The zero-order chi connectivity index (χ0) is 14.0. The Morgan fingerprint density at radius 3 is 2.84 bits per heavy atom. The molecule has 5 nitrogen and oxygen atoms in total. The molecule has 1 N–H and O–H groups in total. The lowest BCUT2D eigenvalue weighted by molar-refractivity contribution is -0.152. The number of phenolic OH excluding ortho intramolecular Hbond substituents is 1. The van der Waals surface area contributed by atoms with Crippen LogP contribution in [0.5, 0.6) is 11.5 Å². The van der Waals surface area contributed by atoms with Crippen molar-refractivity contribution in [1.29, 1.82) is 0 Å². The lowest BCUT2D eigenvalue weighted by Gasteiger charge is -2.26. The van der Waals surface area contributed by atoms with Crippen molar-refractivity contribution in [2.45, 2.75) is 32.8 Å². The number of aryl methyl sites for hydroxylation is 1. The van der Waals surface area contributed by atoms with Crippen LogP contribution in [0.4, 0.5) is 0 Å². The van der Waals surface area contributed by atoms with E-state index < -0.39 is 12.1 Å². The summed E-state index contributed by atoms with van der Waals surface area (Å²) >= 11 is 0. The number of aromatic hydroxyl groups is 1. The zero-order valence-corrected chi connectivity index (χ0v) is 10.9. The molecule has 0 saturated carbocycles. The summed E-state index contributed by atoms with van der Waals surface area (Å²) < 4.78 is 10.5. The molecule has 0 fully saturated rings. The Hall–Kier alpha value is -2.04. The molecule has 0 amide bonds. The Balaban J connectivity index is 2.35. The second-order valence-corrected chi connectivity index (χ2v) is 4.40. The number of rotatable bonds is 3. The number of ketones is 1. The normalized spacial score (nSPS) is 17.3. The number of phenols is 1. The van der Waals surface area contributed by atoms with Gasteiger partial charge in [-0.25, -0.2) is 4.79 Å². The van der Waals surface area contributed by atoms with Gasteiger partial charge in [0.15, 0.2) is 11.9 Å². The van der Waals surface area contributed by atoms with Gasteiger partial charge in [-0.1, -0.05) is 6.07 Å². The van der Waals surface area contributed by atoms with E-state index in [-0.39, 0.29) is 23.7 Å². The van der Waals surface area contributed by atoms with Crippen molar-refractivity contribution in [3.8, 4) is 11.5 Å². The summed E-state index contributed by atoms with van der Waals surface area (Å²) in [5, 5.41) is 9.75. The van der Waals surface area contributed by atoms with E-state index in [9.17, 15) is 14.7 Å². The van der Waals surface area contributed by atoms with Gasteiger partial charge in [-0.15, -0.1) is 0 Å². The van der Waals surface area contributed by atoms with Crippen molar-refractivity contribution in [2.24, 2.45) is 0 Å². The largest absolute Gasteiger partial charge is 0.507 e. The van der Waals surface area contributed by atoms with Gasteiger partial charge in [-0.2, -0.15) is 0 Å². The predicted molar refractivity (Wildman–Crippen MR) is 67.5 cm³/mol. The number of hydrogen-bond donors (Lipinski definition) is 1. The molecule has 1 atom stereocenters. The van der Waals surface area contributed by atoms with Gasteiger partial charge in [-0.05, 0) is 38.3 Å². The van der Waals surface area contributed by atoms with Crippen LogP contribution in [0.2, 0.25) is 0 Å². The molecular weight excluding hydrogens is 248 g/mol. The van der Waals surface area contributed by atoms with E-state index in [0.717, 1.165) is 5.56 Å². The smallest absolute Gasteiger partial charge is 0.347 e. The van der Waals surface area contributed by atoms with Crippen LogP contribution in [0.1, 0.15) is 36.2 Å². The fourth-order valence-corrected chi connectivity index (χ4v) is 2.18. The molecular formula is C14H16O5. The highest BCUT2D eigenvalue weighted by atomic mass is 16.6. The van der Waals surface area contributed by atoms with Crippen LogP contribution < -0.4 is 4.74 Å². The molecule has 1 aromatic rings. The fraction of sp³-hybridized carbons (Fsp3) is 0.429. The van der Waals surface area contributed by atoms with Crippen LogP contribution in [0.25, 0.3) is 0 Å². The standard InChI is InChI=1S/C14H16O5/c1-3-18-14(17)11-7-5-9-4-6-10(16)12(8(2)15)13(9)19-11/h4,6,11,16H,3,5,7H2,1-2H3. The minimum Gasteiger partial charge on any atom is -0.507 e. The van der Waals surface area contributed by atoms with Crippen molar-refractivity contribution in [3.63, 3.8) is 0 Å². The quantitative estimate of drug-likeness (QED) is 0.666. The van der Waals surface area contributed by atoms with Crippen molar-refractivity contribution in [1.82, 2.24) is 0 Å². The van der Waals surface area contributed by atoms with Crippen LogP contribution in [-0.4, -0.2) is 29.6 Å². The van der Waals surface area contributed by atoms with E-state index in [1.807, 2.05) is 0 Å². The van der Waals surface area contributed by atoms with Crippen molar-refractivity contribution >= 4 is 11.8 Å². The van der Waals surface area contributed by atoms with Crippen molar-refractivity contribution in [3.05, 3.63) is 23.3 Å². The SMILES string of the molecule is CCOC(=O)C1CCc2ccc(O)c(C(C)=O)c2O1. The number of carbonyl (C=O) groups excluding carboxylic acids is 2. The number of Topliss-reactive ketones (excluding diaryl/α,β-unsaturated/α-hetero) is 1. The molecule has 0 bridgehead atoms. The van der Waals surface area contributed by atoms with Gasteiger partial charge in [0.25, 0.3) is 0 Å². The van der Waals surface area contributed by atoms with Crippen LogP contribution in [-0.2, 0) is 16.0 Å². The topological polar surface area (TPSA) is 72.8 Å². The summed E-state index contributed by atoms with van der Waals surface area (Å²) in [5.41, 5.74) is 0.954. The molecule has 1 aromatic carbocycles. The molecule has 2 rings (SSSR count). The predicted octanol–water partition coefficient (Wildman–Crippen LogP) is 1.85. The molecule has 1 unspecified atom stereocenters. The molecule has 102 valence electrons. The van der Waals surface area contributed by atoms with Crippen LogP contribution >= 0.6 is 0 Å². The van der Waals surface area contributed by atoms with Crippen LogP contribution in [0.15, 0.2) is 12.1 Å². The number of hydrogen-bond acceptors (Lipinski definition) is 5. The Labute approximate surface area is 111 Å². The summed E-state index contributed by atoms with van der Waals surface area (Å²) in [6, 6.07) is 3.18. The maximum Gasteiger partial charge on any atom is 0.347 e. The van der Waals surface area contributed by atoms with Gasteiger partial charge in [0.05, 0.1) is 6.61 Å². The van der Waals surface area contributed by atoms with E-state index in [2.05, 4.69) is 0 Å². The first kappa shape index (κ1) is 13.4. The lowest BCUT2D eigenvalue weighted by atomic mass is 9.97. The minimum absolute atomic E-state index is 0.129. The maximum absolute atomic E-state index is 11.7. The Morgan fingerprint density at radius 2 is 2.21 bits per heavy atom. The summed E-state index contributed by atoms with van der Waals surface area (Å²) in [5.74, 6) is -0.558. The first-order valence-corrected chi connectivity index (χ1v) is 6.23. The molecule has 1 aliphatic heterocycles. The molecule has 0 aliphatic carbocycles. The molecule has 0 spiro atoms. The average molecular weight is 264 g/mol. The van der Waals surface area contributed by atoms with E-state index >= 15 is 0 Å². The third kappa shape index (κ3) is 2.54. The number of benzene rings is 1. The monoisotopic (exact) mass is 264 g/mol. The molecule has 19 heavy (non-hydrogen) atoms. The third-order valence-corrected chi connectivity index (χ3v) is 3.05. The van der Waals surface area contributed by atoms with Gasteiger partial charge < -0.3 is 14.6 Å². The highest BCUT2D eigenvalue weighted by molar-refractivity contribution is 6.00. The summed E-state index contributed by atoms with van der Waals surface area (Å²) in [6.45, 7) is 3.36. The fourth-order valence-electron chi connectivity index (χ4n) is 2.18. The number of ether oxygens (including phenoxy) is 2. The Morgan fingerprint density at radius 1 is 1.47 bits per heavy atom. The first-order chi connectivity index (χ1) is 9.04. The van der Waals surface area contributed by atoms with E-state index in [4.69, 9.17) is 9.47 Å². The lowest BCUT2D eigenvalue weighted by Crippen LogP contribution is -2.33. The summed E-state index contributed by atoms with van der Waals surface area (Å²) in [4.78, 5) is 23.3. The maximum atomic E-state index is 11.7. The highest BCUT2D eigenvalue weighted by Gasteiger charge is 2.30. The molecule has 5 heteroatoms. The zero-order valence-electron chi connectivity index (χ0n) is 10.9. The van der Waals surface area contributed by atoms with Gasteiger partial charge >= 0.3 is 5.97 Å². The highest BCUT2D eigenvalue weighted by Crippen LogP contribution is 2.37. The van der Waals surface area contributed by atoms with Crippen LogP contribution in [0, 0.1) is 0 Å². The van der Waals surface area contributed by atoms with E-state index in [1.54, 1.807) is 13.0 Å². The molecule has 1 aliphatic rings. The van der Waals surface area contributed by atoms with E-state index in [1.165, 1.54) is 13.0 Å². The third-order valence-electron chi connectivity index (χ3n) is 3.05. The molecule has 0 radical (unpaired) electrons. The van der Waals surface area contributed by atoms with Gasteiger partial charge in [-0.3, -0.25) is 4.79 Å². The van der Waals surface area contributed by atoms with Gasteiger partial charge in [0.2, 0.25) is 0 Å². The summed E-state index contributed by atoms with van der Waals surface area (Å²) in [7, 11) is 0. The van der Waals surface area contributed by atoms with Crippen molar-refractivity contribution in [2.75, 3.05) is 6.61 Å². The Kier molecular flexibility index (Phi) is 3.74. The first-order valence-electron chi connectivity index (χ1n) is 6.23. The number of esters is 1. The van der Waals surface area contributed by atoms with Gasteiger partial charge in [0, 0.05) is 0 Å². The second-order valence-electron chi connectivity index (χ2n) is 4.40. The Bertz CT molecular complexity index is 521. The minimum atomic E-state index is -0.715. The molecule has 0 saturated heterocycles. The van der Waals surface area contributed by atoms with Gasteiger partial charge in [0.1, 0.15) is 17.1 Å².